The molecule has 2 aliphatic rings. The Bertz CT molecular complexity index is 1120. The number of fused-ring (bicyclic) bond motifs is 1. The second-order valence-corrected chi connectivity index (χ2v) is 9.47. The topological polar surface area (TPSA) is 82.8 Å². The molecule has 0 radical (unpaired) electrons. The van der Waals surface area contributed by atoms with Crippen molar-refractivity contribution in [3.63, 3.8) is 0 Å². The van der Waals surface area contributed by atoms with E-state index >= 15 is 0 Å². The molecule has 1 aromatic carbocycles. The highest BCUT2D eigenvalue weighted by Gasteiger charge is 2.32. The molecular formula is C24H27N5O3S. The van der Waals surface area contributed by atoms with E-state index in [1.807, 2.05) is 39.4 Å². The van der Waals surface area contributed by atoms with Gasteiger partial charge in [0.2, 0.25) is 23.5 Å². The van der Waals surface area contributed by atoms with E-state index in [1.165, 1.54) is 5.56 Å². The van der Waals surface area contributed by atoms with Crippen molar-refractivity contribution in [2.24, 2.45) is 0 Å². The molecule has 1 fully saturated rings. The molecule has 8 nitrogen and oxygen atoms in total. The zero-order valence-corrected chi connectivity index (χ0v) is 19.5. The average molecular weight is 466 g/mol. The van der Waals surface area contributed by atoms with E-state index in [0.29, 0.717) is 44.3 Å². The van der Waals surface area contributed by atoms with Crippen LogP contribution in [0.1, 0.15) is 36.4 Å². The highest BCUT2D eigenvalue weighted by Crippen LogP contribution is 2.33. The summed E-state index contributed by atoms with van der Waals surface area (Å²) in [5.41, 5.74) is 2.34. The molecule has 0 bridgehead atoms. The van der Waals surface area contributed by atoms with Crippen molar-refractivity contribution >= 4 is 23.2 Å². The number of nitrogens with zero attached hydrogens (tertiary/aromatic N) is 5. The lowest BCUT2D eigenvalue weighted by atomic mass is 9.90. The first-order valence-corrected chi connectivity index (χ1v) is 12.2. The Kier molecular flexibility index (Phi) is 6.24. The van der Waals surface area contributed by atoms with Gasteiger partial charge in [0.05, 0.1) is 23.9 Å². The van der Waals surface area contributed by atoms with Crippen molar-refractivity contribution in [3.05, 3.63) is 58.8 Å². The quantitative estimate of drug-likeness (QED) is 0.576. The van der Waals surface area contributed by atoms with E-state index in [1.54, 1.807) is 18.3 Å². The third-order valence-corrected chi connectivity index (χ3v) is 7.34. The van der Waals surface area contributed by atoms with Crippen LogP contribution in [0.15, 0.2) is 46.3 Å². The molecule has 0 saturated carbocycles. The van der Waals surface area contributed by atoms with Crippen LogP contribution < -0.4 is 0 Å². The minimum Gasteiger partial charge on any atom is -0.340 e. The van der Waals surface area contributed by atoms with Gasteiger partial charge in [-0.3, -0.25) is 14.5 Å². The lowest BCUT2D eigenvalue weighted by Crippen LogP contribution is -2.49. The molecule has 1 atom stereocenters. The summed E-state index contributed by atoms with van der Waals surface area (Å²) in [4.78, 5) is 36.9. The first-order valence-electron chi connectivity index (χ1n) is 11.3. The van der Waals surface area contributed by atoms with Crippen LogP contribution in [0.4, 0.5) is 0 Å². The van der Waals surface area contributed by atoms with E-state index < -0.39 is 0 Å². The van der Waals surface area contributed by atoms with Gasteiger partial charge in [0, 0.05) is 39.6 Å². The Morgan fingerprint density at radius 3 is 2.67 bits per heavy atom. The summed E-state index contributed by atoms with van der Waals surface area (Å²) in [6, 6.07) is 11.9. The molecule has 9 heteroatoms. The van der Waals surface area contributed by atoms with Gasteiger partial charge in [-0.2, -0.15) is 4.98 Å². The number of rotatable bonds is 5. The maximum absolute atomic E-state index is 13.2. The van der Waals surface area contributed by atoms with Gasteiger partial charge in [0.15, 0.2) is 0 Å². The van der Waals surface area contributed by atoms with Crippen molar-refractivity contribution in [1.82, 2.24) is 24.8 Å². The molecule has 1 saturated heterocycles. The number of piperazine rings is 1. The van der Waals surface area contributed by atoms with Crippen LogP contribution in [0, 0.1) is 0 Å². The summed E-state index contributed by atoms with van der Waals surface area (Å²) in [7, 11) is 0. The summed E-state index contributed by atoms with van der Waals surface area (Å²) < 4.78 is 5.42. The van der Waals surface area contributed by atoms with Gasteiger partial charge in [0.1, 0.15) is 0 Å². The fraction of sp³-hybridized carbons (Fsp3) is 0.417. The van der Waals surface area contributed by atoms with Crippen molar-refractivity contribution in [1.29, 1.82) is 0 Å². The molecule has 3 aromatic rings. The van der Waals surface area contributed by atoms with Crippen LogP contribution in [-0.2, 0) is 22.6 Å². The SMILES string of the molecule is CC(=O)N1CCc2ccccc2C1CC(=O)N1CCN(Cc2nc(-c3cccs3)no2)CC1. The molecule has 2 aliphatic heterocycles. The molecule has 1 unspecified atom stereocenters. The fourth-order valence-electron chi connectivity index (χ4n) is 4.71. The molecule has 33 heavy (non-hydrogen) atoms. The molecule has 5 rings (SSSR count). The van der Waals surface area contributed by atoms with E-state index in [2.05, 4.69) is 27.2 Å². The maximum atomic E-state index is 13.2. The molecule has 2 amide bonds. The molecule has 172 valence electrons. The summed E-state index contributed by atoms with van der Waals surface area (Å²) >= 11 is 1.58. The Balaban J connectivity index is 1.18. The van der Waals surface area contributed by atoms with Crippen molar-refractivity contribution in [2.75, 3.05) is 32.7 Å². The van der Waals surface area contributed by atoms with Crippen molar-refractivity contribution in [2.45, 2.75) is 32.4 Å². The molecule has 2 aromatic heterocycles. The van der Waals surface area contributed by atoms with E-state index in [9.17, 15) is 9.59 Å². The van der Waals surface area contributed by atoms with Crippen LogP contribution in [-0.4, -0.2) is 69.4 Å². The Labute approximate surface area is 196 Å². The first-order chi connectivity index (χ1) is 16.1. The van der Waals surface area contributed by atoms with Crippen LogP contribution in [0.5, 0.6) is 0 Å². The van der Waals surface area contributed by atoms with Crippen LogP contribution in [0.25, 0.3) is 10.7 Å². The van der Waals surface area contributed by atoms with Gasteiger partial charge in [0.25, 0.3) is 0 Å². The summed E-state index contributed by atoms with van der Waals surface area (Å²) in [5, 5.41) is 6.06. The standard InChI is InChI=1S/C24H27N5O3S/c1-17(30)29-9-8-18-5-2-3-6-19(18)20(29)15-23(31)28-12-10-27(11-13-28)16-22-25-24(26-32-22)21-7-4-14-33-21/h2-7,14,20H,8-13,15-16H2,1H3. The predicted molar refractivity (Wildman–Crippen MR) is 124 cm³/mol. The number of amides is 2. The van der Waals surface area contributed by atoms with Crippen LogP contribution >= 0.6 is 11.3 Å². The summed E-state index contributed by atoms with van der Waals surface area (Å²) in [6.07, 6.45) is 1.16. The van der Waals surface area contributed by atoms with Gasteiger partial charge in [-0.15, -0.1) is 11.3 Å². The Hall–Kier alpha value is -3.04. The fourth-order valence-corrected chi connectivity index (χ4v) is 5.36. The predicted octanol–water partition coefficient (Wildman–Crippen LogP) is 2.98. The normalized spacial score (nSPS) is 18.9. The first kappa shape index (κ1) is 21.8. The van der Waals surface area contributed by atoms with Gasteiger partial charge < -0.3 is 14.3 Å². The molecule has 0 spiro atoms. The highest BCUT2D eigenvalue weighted by molar-refractivity contribution is 7.13. The highest BCUT2D eigenvalue weighted by atomic mass is 32.1. The third-order valence-electron chi connectivity index (χ3n) is 6.48. The molecule has 0 aliphatic carbocycles. The lowest BCUT2D eigenvalue weighted by molar-refractivity contribution is -0.137. The van der Waals surface area contributed by atoms with Crippen molar-refractivity contribution < 1.29 is 14.1 Å². The van der Waals surface area contributed by atoms with Crippen LogP contribution in [0.3, 0.4) is 0 Å². The largest absolute Gasteiger partial charge is 0.340 e. The van der Waals surface area contributed by atoms with E-state index in [0.717, 1.165) is 30.0 Å². The Morgan fingerprint density at radius 2 is 1.91 bits per heavy atom. The second kappa shape index (κ2) is 9.44. The summed E-state index contributed by atoms with van der Waals surface area (Å²) in [5.74, 6) is 1.33. The zero-order chi connectivity index (χ0) is 22.8. The number of hydrogen-bond acceptors (Lipinski definition) is 7. The molecule has 0 N–H and O–H groups in total. The van der Waals surface area contributed by atoms with E-state index in [4.69, 9.17) is 4.52 Å². The Morgan fingerprint density at radius 1 is 1.09 bits per heavy atom. The molecular weight excluding hydrogens is 438 g/mol. The second-order valence-electron chi connectivity index (χ2n) is 8.53. The molecule has 4 heterocycles. The number of carbonyl (C=O) groups excluding carboxylic acids is 2. The monoisotopic (exact) mass is 465 g/mol. The lowest BCUT2D eigenvalue weighted by Gasteiger charge is -2.39. The zero-order valence-electron chi connectivity index (χ0n) is 18.6. The number of carbonyl (C=O) groups is 2. The number of aromatic nitrogens is 2. The van der Waals surface area contributed by atoms with Gasteiger partial charge in [-0.05, 0) is 29.0 Å². The number of hydrogen-bond donors (Lipinski definition) is 0. The minimum absolute atomic E-state index is 0.0218. The van der Waals surface area contributed by atoms with Gasteiger partial charge in [-0.25, -0.2) is 0 Å². The van der Waals surface area contributed by atoms with Gasteiger partial charge in [-0.1, -0.05) is 35.5 Å². The van der Waals surface area contributed by atoms with Crippen LogP contribution in [0.2, 0.25) is 0 Å². The average Bonchev–Trinajstić information content (AvgIpc) is 3.52. The number of benzene rings is 1. The maximum Gasteiger partial charge on any atom is 0.241 e. The van der Waals surface area contributed by atoms with Crippen molar-refractivity contribution in [3.8, 4) is 10.7 Å². The van der Waals surface area contributed by atoms with Gasteiger partial charge >= 0.3 is 0 Å². The number of thiophene rings is 1. The summed E-state index contributed by atoms with van der Waals surface area (Å²) in [6.45, 7) is 5.63. The van der Waals surface area contributed by atoms with E-state index in [-0.39, 0.29) is 17.9 Å². The smallest absolute Gasteiger partial charge is 0.241 e. The third kappa shape index (κ3) is 4.69. The minimum atomic E-state index is -0.188.